The molecular formula is C29H32N2O5. The number of piperidine rings is 1. The molecule has 4 fully saturated rings. The minimum absolute atomic E-state index is 0.103. The van der Waals surface area contributed by atoms with E-state index < -0.39 is 34.2 Å². The second-order valence-corrected chi connectivity index (χ2v) is 11.0. The van der Waals surface area contributed by atoms with E-state index in [1.165, 1.54) is 12.7 Å². The van der Waals surface area contributed by atoms with Crippen LogP contribution in [0.2, 0.25) is 0 Å². The molecule has 7 heteroatoms. The lowest BCUT2D eigenvalue weighted by Crippen LogP contribution is -2.76. The van der Waals surface area contributed by atoms with Gasteiger partial charge in [0.2, 0.25) is 11.5 Å². The van der Waals surface area contributed by atoms with Crippen LogP contribution in [0.25, 0.3) is 0 Å². The Morgan fingerprint density at radius 3 is 2.61 bits per heavy atom. The van der Waals surface area contributed by atoms with Gasteiger partial charge in [0.1, 0.15) is 6.10 Å². The van der Waals surface area contributed by atoms with Gasteiger partial charge in [-0.2, -0.15) is 0 Å². The van der Waals surface area contributed by atoms with E-state index in [1.54, 1.807) is 0 Å². The van der Waals surface area contributed by atoms with E-state index >= 15 is 0 Å². The predicted octanol–water partition coefficient (Wildman–Crippen LogP) is 3.40. The number of ether oxygens (including phenoxy) is 3. The first-order chi connectivity index (χ1) is 17.4. The number of carbonyl (C=O) groups excluding carboxylic acids is 2. The first-order valence-electron chi connectivity index (χ1n) is 13.0. The number of rotatable bonds is 5. The molecule has 188 valence electrons. The lowest BCUT2D eigenvalue weighted by atomic mass is 9.48. The lowest BCUT2D eigenvalue weighted by molar-refractivity contribution is -0.214. The summed E-state index contributed by atoms with van der Waals surface area (Å²) >= 11 is 0. The number of hydrogen-bond acceptors (Lipinski definition) is 6. The molecule has 2 bridgehead atoms. The monoisotopic (exact) mass is 488 g/mol. The highest BCUT2D eigenvalue weighted by Gasteiger charge is 2.95. The van der Waals surface area contributed by atoms with Crippen molar-refractivity contribution in [3.63, 3.8) is 0 Å². The molecule has 0 saturated carbocycles. The molecule has 5 heterocycles. The van der Waals surface area contributed by atoms with Crippen LogP contribution >= 0.6 is 0 Å². The Hall–Kier alpha value is -2.90. The van der Waals surface area contributed by atoms with Crippen molar-refractivity contribution in [3.05, 3.63) is 65.7 Å². The topological polar surface area (TPSA) is 68.3 Å². The number of esters is 1. The van der Waals surface area contributed by atoms with Gasteiger partial charge in [-0.15, -0.1) is 0 Å². The molecule has 0 aliphatic carbocycles. The minimum Gasteiger partial charge on any atom is -0.467 e. The molecule has 5 aliphatic heterocycles. The van der Waals surface area contributed by atoms with Crippen LogP contribution in [0.15, 0.2) is 54.6 Å². The Morgan fingerprint density at radius 1 is 1.11 bits per heavy atom. The molecule has 6 atom stereocenters. The molecule has 0 radical (unpaired) electrons. The predicted molar refractivity (Wildman–Crippen MR) is 132 cm³/mol. The molecule has 0 N–H and O–H groups in total. The summed E-state index contributed by atoms with van der Waals surface area (Å²) in [6.45, 7) is 3.12. The number of fused-ring (bicyclic) bond motifs is 3. The van der Waals surface area contributed by atoms with Crippen molar-refractivity contribution in [1.82, 2.24) is 4.90 Å². The average Bonchev–Trinajstić information content (AvgIpc) is 3.56. The number of likely N-dealkylation sites (N-methyl/N-ethyl adjacent to an activating group) is 1. The summed E-state index contributed by atoms with van der Waals surface area (Å²) < 4.78 is 19.6. The SMILES string of the molecule is CC[C@@]12CCC(=O)N3CC[C@]45c6ccccc6N(C)[C@H]4[C@](C(=O)OC)(O[C@@]315)[C@@H]2OCc1ccccc1. The van der Waals surface area contributed by atoms with Gasteiger partial charge >= 0.3 is 5.97 Å². The van der Waals surface area contributed by atoms with Crippen molar-refractivity contribution in [2.45, 2.75) is 68.1 Å². The average molecular weight is 489 g/mol. The highest BCUT2D eigenvalue weighted by molar-refractivity contribution is 5.91. The number of para-hydroxylation sites is 1. The van der Waals surface area contributed by atoms with Gasteiger partial charge in [-0.25, -0.2) is 4.79 Å². The van der Waals surface area contributed by atoms with Crippen LogP contribution in [0.1, 0.15) is 43.7 Å². The molecule has 4 saturated heterocycles. The maximum atomic E-state index is 14.1. The zero-order valence-electron chi connectivity index (χ0n) is 21.0. The molecule has 36 heavy (non-hydrogen) atoms. The largest absolute Gasteiger partial charge is 0.467 e. The molecule has 1 amide bonds. The first kappa shape index (κ1) is 22.3. The Bertz CT molecular complexity index is 1270. The number of methoxy groups -OCH3 is 1. The van der Waals surface area contributed by atoms with Gasteiger partial charge in [0, 0.05) is 31.1 Å². The summed E-state index contributed by atoms with van der Waals surface area (Å²) in [5, 5.41) is 0. The molecule has 2 aromatic rings. The number of amides is 1. The molecule has 2 aromatic carbocycles. The van der Waals surface area contributed by atoms with Gasteiger partial charge in [0.15, 0.2) is 5.72 Å². The second kappa shape index (κ2) is 7.11. The zero-order chi connectivity index (χ0) is 24.9. The third-order valence-corrected chi connectivity index (χ3v) is 10.1. The molecule has 0 unspecified atom stereocenters. The van der Waals surface area contributed by atoms with Crippen molar-refractivity contribution >= 4 is 17.6 Å². The summed E-state index contributed by atoms with van der Waals surface area (Å²) in [5.41, 5.74) is -0.123. The van der Waals surface area contributed by atoms with Crippen LogP contribution in [-0.4, -0.2) is 61.0 Å². The van der Waals surface area contributed by atoms with Crippen LogP contribution in [-0.2, 0) is 35.8 Å². The Labute approximate surface area is 211 Å². The maximum Gasteiger partial charge on any atom is 0.343 e. The molecule has 0 aromatic heterocycles. The standard InChI is InChI=1S/C29H32N2O5/c1-4-26-15-14-22(32)31-17-16-27-20-12-8-9-13-21(20)30(2)23(27)28(25(33)34-3,36-29(26,27)31)24(26)35-18-19-10-6-5-7-11-19/h5-13,23-24H,4,14-18H2,1-3H3/t23-,24-,26+,27+,28+,29+/m1/s1. The van der Waals surface area contributed by atoms with E-state index in [2.05, 4.69) is 30.0 Å². The van der Waals surface area contributed by atoms with Crippen LogP contribution in [0, 0.1) is 5.41 Å². The molecule has 7 rings (SSSR count). The van der Waals surface area contributed by atoms with Gasteiger partial charge in [0.05, 0.1) is 25.2 Å². The van der Waals surface area contributed by atoms with Gasteiger partial charge in [-0.05, 0) is 36.5 Å². The fourth-order valence-corrected chi connectivity index (χ4v) is 9.09. The van der Waals surface area contributed by atoms with Crippen molar-refractivity contribution < 1.29 is 23.8 Å². The van der Waals surface area contributed by atoms with E-state index in [1.807, 2.05) is 48.3 Å². The van der Waals surface area contributed by atoms with E-state index in [-0.39, 0.29) is 11.9 Å². The summed E-state index contributed by atoms with van der Waals surface area (Å²) in [7, 11) is 3.47. The first-order valence-corrected chi connectivity index (χ1v) is 13.0. The smallest absolute Gasteiger partial charge is 0.343 e. The Balaban J connectivity index is 1.50. The van der Waals surface area contributed by atoms with Crippen LogP contribution in [0.4, 0.5) is 5.69 Å². The summed E-state index contributed by atoms with van der Waals surface area (Å²) in [4.78, 5) is 31.7. The van der Waals surface area contributed by atoms with Gasteiger partial charge in [-0.3, -0.25) is 4.79 Å². The van der Waals surface area contributed by atoms with Crippen LogP contribution < -0.4 is 4.90 Å². The van der Waals surface area contributed by atoms with Gasteiger partial charge in [0.25, 0.3) is 0 Å². The van der Waals surface area contributed by atoms with E-state index in [0.29, 0.717) is 26.0 Å². The van der Waals surface area contributed by atoms with E-state index in [0.717, 1.165) is 24.1 Å². The van der Waals surface area contributed by atoms with Crippen molar-refractivity contribution in [2.24, 2.45) is 5.41 Å². The Kier molecular flexibility index (Phi) is 4.40. The normalized spacial score (nSPS) is 39.2. The van der Waals surface area contributed by atoms with Crippen LogP contribution in [0.3, 0.4) is 0 Å². The van der Waals surface area contributed by atoms with Crippen LogP contribution in [0.5, 0.6) is 0 Å². The van der Waals surface area contributed by atoms with E-state index in [4.69, 9.17) is 14.2 Å². The summed E-state index contributed by atoms with van der Waals surface area (Å²) in [6, 6.07) is 18.1. The lowest BCUT2D eigenvalue weighted by Gasteiger charge is -2.60. The fraction of sp³-hybridized carbons (Fsp3) is 0.517. The maximum absolute atomic E-state index is 14.1. The highest BCUT2D eigenvalue weighted by Crippen LogP contribution is 2.80. The number of nitrogens with zero attached hydrogens (tertiary/aromatic N) is 2. The Morgan fingerprint density at radius 2 is 1.86 bits per heavy atom. The second-order valence-electron chi connectivity index (χ2n) is 11.0. The van der Waals surface area contributed by atoms with Crippen molar-refractivity contribution in [1.29, 1.82) is 0 Å². The van der Waals surface area contributed by atoms with Crippen molar-refractivity contribution in [2.75, 3.05) is 25.6 Å². The quantitative estimate of drug-likeness (QED) is 0.601. The van der Waals surface area contributed by atoms with Gasteiger partial charge in [-0.1, -0.05) is 55.5 Å². The molecule has 2 spiro atoms. The highest BCUT2D eigenvalue weighted by atomic mass is 16.6. The third-order valence-electron chi connectivity index (χ3n) is 10.1. The van der Waals surface area contributed by atoms with Crippen molar-refractivity contribution in [3.8, 4) is 0 Å². The molecule has 5 aliphatic rings. The number of benzene rings is 2. The molecular weight excluding hydrogens is 456 g/mol. The van der Waals surface area contributed by atoms with Gasteiger partial charge < -0.3 is 24.0 Å². The third kappa shape index (κ3) is 2.09. The number of carbonyl (C=O) groups is 2. The zero-order valence-corrected chi connectivity index (χ0v) is 21.0. The number of hydrogen-bond donors (Lipinski definition) is 0. The number of anilines is 1. The van der Waals surface area contributed by atoms with E-state index in [9.17, 15) is 9.59 Å². The summed E-state index contributed by atoms with van der Waals surface area (Å²) in [6.07, 6.45) is 1.97. The molecule has 7 nitrogen and oxygen atoms in total. The summed E-state index contributed by atoms with van der Waals surface area (Å²) in [5.74, 6) is -0.311. The minimum atomic E-state index is -1.36. The fourth-order valence-electron chi connectivity index (χ4n) is 9.09.